The molecule has 1 heterocycles. The van der Waals surface area contributed by atoms with Crippen molar-refractivity contribution in [3.05, 3.63) is 42.0 Å². The lowest BCUT2D eigenvalue weighted by Crippen LogP contribution is -2.01. The molecule has 2 aromatic rings. The first kappa shape index (κ1) is 13.9. The molecule has 0 radical (unpaired) electrons. The van der Waals surface area contributed by atoms with Gasteiger partial charge < -0.3 is 19.5 Å². The Labute approximate surface area is 128 Å². The molecule has 1 N–H and O–H groups in total. The maximum Gasteiger partial charge on any atom is 0.231 e. The third-order valence-corrected chi connectivity index (χ3v) is 4.10. The molecule has 0 bridgehead atoms. The van der Waals surface area contributed by atoms with Crippen LogP contribution in [-0.4, -0.2) is 20.2 Å². The number of benzene rings is 2. The molecule has 0 unspecified atom stereocenters. The van der Waals surface area contributed by atoms with Crippen molar-refractivity contribution < 1.29 is 14.2 Å². The number of hydrogen-bond acceptors (Lipinski definition) is 5. The largest absolute Gasteiger partial charge is 0.493 e. The zero-order valence-corrected chi connectivity index (χ0v) is 12.8. The van der Waals surface area contributed by atoms with Crippen LogP contribution in [0.3, 0.4) is 0 Å². The first-order valence-corrected chi connectivity index (χ1v) is 7.87. The fourth-order valence-corrected chi connectivity index (χ4v) is 2.85. The van der Waals surface area contributed by atoms with Gasteiger partial charge in [0.15, 0.2) is 11.5 Å². The molecule has 0 saturated heterocycles. The van der Waals surface area contributed by atoms with E-state index >= 15 is 0 Å². The van der Waals surface area contributed by atoms with E-state index in [1.54, 1.807) is 18.9 Å². The molecule has 4 nitrogen and oxygen atoms in total. The van der Waals surface area contributed by atoms with Gasteiger partial charge in [-0.2, -0.15) is 0 Å². The van der Waals surface area contributed by atoms with Crippen LogP contribution in [0.5, 0.6) is 17.2 Å². The Morgan fingerprint density at radius 2 is 2.10 bits per heavy atom. The summed E-state index contributed by atoms with van der Waals surface area (Å²) in [6, 6.07) is 12.2. The van der Waals surface area contributed by atoms with Crippen LogP contribution in [0, 0.1) is 0 Å². The summed E-state index contributed by atoms with van der Waals surface area (Å²) < 4.78 is 16.2. The number of para-hydroxylation sites is 1. The van der Waals surface area contributed by atoms with E-state index in [1.807, 2.05) is 24.3 Å². The number of anilines is 1. The fraction of sp³-hybridized carbons (Fsp3) is 0.250. The van der Waals surface area contributed by atoms with Crippen LogP contribution < -0.4 is 19.5 Å². The Hall–Kier alpha value is -2.01. The predicted molar refractivity (Wildman–Crippen MR) is 84.7 cm³/mol. The quantitative estimate of drug-likeness (QED) is 0.852. The second-order valence-electron chi connectivity index (χ2n) is 4.59. The van der Waals surface area contributed by atoms with Crippen LogP contribution in [0.2, 0.25) is 0 Å². The molecule has 1 aliphatic rings. The third kappa shape index (κ3) is 2.88. The minimum Gasteiger partial charge on any atom is -0.493 e. The van der Waals surface area contributed by atoms with Crippen molar-refractivity contribution in [3.63, 3.8) is 0 Å². The maximum absolute atomic E-state index is 5.44. The van der Waals surface area contributed by atoms with Gasteiger partial charge in [0.05, 0.1) is 7.11 Å². The molecule has 2 aromatic carbocycles. The van der Waals surface area contributed by atoms with Gasteiger partial charge in [0.25, 0.3) is 0 Å². The minimum atomic E-state index is 0.248. The lowest BCUT2D eigenvalue weighted by molar-refractivity contribution is 0.171. The van der Waals surface area contributed by atoms with Crippen molar-refractivity contribution in [2.24, 2.45) is 0 Å². The van der Waals surface area contributed by atoms with Gasteiger partial charge in [-0.25, -0.2) is 0 Å². The van der Waals surface area contributed by atoms with E-state index in [9.17, 15) is 0 Å². The Morgan fingerprint density at radius 3 is 2.90 bits per heavy atom. The van der Waals surface area contributed by atoms with Gasteiger partial charge in [-0.3, -0.25) is 0 Å². The van der Waals surface area contributed by atoms with E-state index in [0.717, 1.165) is 17.0 Å². The van der Waals surface area contributed by atoms with E-state index in [0.29, 0.717) is 18.0 Å². The number of fused-ring (bicyclic) bond motifs is 1. The number of thioether (sulfide) groups is 1. The van der Waals surface area contributed by atoms with Crippen molar-refractivity contribution in [1.29, 1.82) is 0 Å². The highest BCUT2D eigenvalue weighted by Gasteiger charge is 2.19. The van der Waals surface area contributed by atoms with Gasteiger partial charge in [0, 0.05) is 17.1 Å². The van der Waals surface area contributed by atoms with Gasteiger partial charge in [0.1, 0.15) is 0 Å². The monoisotopic (exact) mass is 303 g/mol. The highest BCUT2D eigenvalue weighted by Crippen LogP contribution is 2.42. The molecular weight excluding hydrogens is 286 g/mol. The standard InChI is InChI=1S/C16H17NO3S/c1-18-13-7-11(8-14-16(13)20-10-19-14)9-17-12-5-3-4-6-15(12)21-2/h3-8,17H,9-10H2,1-2H3. The maximum atomic E-state index is 5.44. The van der Waals surface area contributed by atoms with Crippen LogP contribution in [0.15, 0.2) is 41.3 Å². The number of methoxy groups -OCH3 is 1. The second-order valence-corrected chi connectivity index (χ2v) is 5.43. The molecule has 110 valence electrons. The Kier molecular flexibility index (Phi) is 4.10. The molecule has 5 heteroatoms. The van der Waals surface area contributed by atoms with Crippen LogP contribution in [0.25, 0.3) is 0 Å². The topological polar surface area (TPSA) is 39.7 Å². The predicted octanol–water partition coefficient (Wildman–Crippen LogP) is 3.76. The summed E-state index contributed by atoms with van der Waals surface area (Å²) in [4.78, 5) is 1.23. The molecule has 0 atom stereocenters. The molecule has 3 rings (SSSR count). The number of ether oxygens (including phenoxy) is 3. The first-order chi connectivity index (χ1) is 10.3. The van der Waals surface area contributed by atoms with Gasteiger partial charge in [-0.05, 0) is 36.1 Å². The molecule has 0 fully saturated rings. The van der Waals surface area contributed by atoms with E-state index in [1.165, 1.54) is 4.90 Å². The highest BCUT2D eigenvalue weighted by atomic mass is 32.2. The minimum absolute atomic E-state index is 0.248. The van der Waals surface area contributed by atoms with Crippen molar-refractivity contribution in [2.75, 3.05) is 25.5 Å². The van der Waals surface area contributed by atoms with Gasteiger partial charge in [0.2, 0.25) is 12.5 Å². The van der Waals surface area contributed by atoms with E-state index in [2.05, 4.69) is 23.7 Å². The molecule has 0 saturated carbocycles. The molecule has 0 spiro atoms. The normalized spacial score (nSPS) is 12.3. The Bertz CT molecular complexity index is 645. The first-order valence-electron chi connectivity index (χ1n) is 6.65. The molecule has 1 aliphatic heterocycles. The number of rotatable bonds is 5. The zero-order chi connectivity index (χ0) is 14.7. The summed E-state index contributed by atoms with van der Waals surface area (Å²) in [6.45, 7) is 0.947. The highest BCUT2D eigenvalue weighted by molar-refractivity contribution is 7.98. The third-order valence-electron chi connectivity index (χ3n) is 3.31. The number of nitrogens with one attached hydrogen (secondary N) is 1. The van der Waals surface area contributed by atoms with Crippen molar-refractivity contribution in [2.45, 2.75) is 11.4 Å². The van der Waals surface area contributed by atoms with Crippen molar-refractivity contribution in [1.82, 2.24) is 0 Å². The molecule has 0 amide bonds. The van der Waals surface area contributed by atoms with Crippen molar-refractivity contribution >= 4 is 17.4 Å². The Morgan fingerprint density at radius 1 is 1.24 bits per heavy atom. The molecule has 21 heavy (non-hydrogen) atoms. The smallest absolute Gasteiger partial charge is 0.231 e. The van der Waals surface area contributed by atoms with E-state index in [-0.39, 0.29) is 6.79 Å². The van der Waals surface area contributed by atoms with Crippen LogP contribution in [-0.2, 0) is 6.54 Å². The van der Waals surface area contributed by atoms with Gasteiger partial charge >= 0.3 is 0 Å². The summed E-state index contributed by atoms with van der Waals surface area (Å²) in [5.41, 5.74) is 2.22. The van der Waals surface area contributed by atoms with Crippen molar-refractivity contribution in [3.8, 4) is 17.2 Å². The summed E-state index contributed by atoms with van der Waals surface area (Å²) in [7, 11) is 1.64. The van der Waals surface area contributed by atoms with Crippen LogP contribution >= 0.6 is 11.8 Å². The van der Waals surface area contributed by atoms with E-state index < -0.39 is 0 Å². The molecule has 0 aliphatic carbocycles. The van der Waals surface area contributed by atoms with Crippen LogP contribution in [0.1, 0.15) is 5.56 Å². The summed E-state index contributed by atoms with van der Waals surface area (Å²) in [6.07, 6.45) is 2.07. The average Bonchev–Trinajstić information content (AvgIpc) is 3.00. The second kappa shape index (κ2) is 6.18. The summed E-state index contributed by atoms with van der Waals surface area (Å²) in [5.74, 6) is 2.13. The molecular formula is C16H17NO3S. The average molecular weight is 303 g/mol. The number of hydrogen-bond donors (Lipinski definition) is 1. The lowest BCUT2D eigenvalue weighted by Gasteiger charge is -2.12. The SMILES string of the molecule is COc1cc(CNc2ccccc2SC)cc2c1OCO2. The lowest BCUT2D eigenvalue weighted by atomic mass is 10.1. The molecule has 0 aromatic heterocycles. The summed E-state index contributed by atoms with van der Waals surface area (Å²) >= 11 is 1.73. The fourth-order valence-electron chi connectivity index (χ4n) is 2.27. The van der Waals surface area contributed by atoms with E-state index in [4.69, 9.17) is 14.2 Å². The van der Waals surface area contributed by atoms with Crippen LogP contribution in [0.4, 0.5) is 5.69 Å². The zero-order valence-electron chi connectivity index (χ0n) is 12.0. The Balaban J connectivity index is 1.79. The van der Waals surface area contributed by atoms with Gasteiger partial charge in [-0.1, -0.05) is 12.1 Å². The van der Waals surface area contributed by atoms with Gasteiger partial charge in [-0.15, -0.1) is 11.8 Å². The summed E-state index contributed by atoms with van der Waals surface area (Å²) in [5, 5.41) is 3.45.